The first kappa shape index (κ1) is 68.9. The van der Waals surface area contributed by atoms with Gasteiger partial charge < -0.3 is 9.47 Å². The molecular weight excluding hydrogens is 777 g/mol. The number of hydrogen-bond donors (Lipinski definition) is 0. The summed E-state index contributed by atoms with van der Waals surface area (Å²) in [4.78, 5) is 0. The first-order valence-electron chi connectivity index (χ1n) is 24.8. The zero-order valence-electron chi connectivity index (χ0n) is 45.7. The van der Waals surface area contributed by atoms with Gasteiger partial charge in [0.15, 0.2) is 0 Å². The maximum atomic E-state index is 5.40. The Hall–Kier alpha value is -4.14. The maximum Gasteiger partial charge on any atom is 0.119 e. The number of aryl methyl sites for hydroxylation is 2. The molecule has 1 saturated heterocycles. The molecule has 1 aliphatic rings. The highest BCUT2D eigenvalue weighted by Crippen LogP contribution is 2.21. The van der Waals surface area contributed by atoms with Gasteiger partial charge >= 0.3 is 0 Å². The van der Waals surface area contributed by atoms with E-state index < -0.39 is 0 Å². The van der Waals surface area contributed by atoms with Crippen molar-refractivity contribution in [2.24, 2.45) is 10.8 Å². The minimum Gasteiger partial charge on any atom is -0.491 e. The smallest absolute Gasteiger partial charge is 0.119 e. The predicted octanol–water partition coefficient (Wildman–Crippen LogP) is 20.5. The van der Waals surface area contributed by atoms with Crippen molar-refractivity contribution in [3.05, 3.63) is 163 Å². The first-order valence-corrected chi connectivity index (χ1v) is 24.8. The quantitative estimate of drug-likeness (QED) is 0.159. The van der Waals surface area contributed by atoms with Gasteiger partial charge in [-0.15, -0.1) is 0 Å². The van der Waals surface area contributed by atoms with E-state index in [1.807, 2.05) is 103 Å². The third-order valence-electron chi connectivity index (χ3n) is 5.97. The fourth-order valence-corrected chi connectivity index (χ4v) is 3.51. The standard InChI is InChI=1S/C16H18.C9H10O2.2C6H6.2C5H12.5C3H8/c1-3-13-5-9-15(10-6-13)16-11-7-14(4-2)8-12-16;1-2-4-8(5-3-1)10-6-9-7-11-9;2*1-2-4-6-5-3-1;2*1-5(2,3)4;5*1-3-2/h5-12H,3-4H2,1-2H3;1-5,9H,6-7H2;2*1-6H;2*1-4H3;5*3H2,1-2H3. The van der Waals surface area contributed by atoms with Gasteiger partial charge in [-0.3, -0.25) is 0 Å². The van der Waals surface area contributed by atoms with Gasteiger partial charge in [-0.25, -0.2) is 0 Å². The van der Waals surface area contributed by atoms with Crippen LogP contribution < -0.4 is 4.74 Å². The van der Waals surface area contributed by atoms with E-state index in [0.717, 1.165) is 25.2 Å². The second-order valence-corrected chi connectivity index (χ2v) is 18.5. The average molecular weight is 882 g/mol. The number of hydrogen-bond acceptors (Lipinski definition) is 2. The molecule has 0 aliphatic carbocycles. The molecule has 1 atom stereocenters. The van der Waals surface area contributed by atoms with Crippen LogP contribution in [0.3, 0.4) is 0 Å². The average Bonchev–Trinajstić information content (AvgIpc) is 4.11. The Labute approximate surface area is 401 Å². The van der Waals surface area contributed by atoms with Crippen molar-refractivity contribution in [2.75, 3.05) is 13.2 Å². The summed E-state index contributed by atoms with van der Waals surface area (Å²) in [5.41, 5.74) is 6.41. The molecule has 0 amide bonds. The highest BCUT2D eigenvalue weighted by Gasteiger charge is 2.22. The van der Waals surface area contributed by atoms with Crippen LogP contribution in [0.1, 0.15) is 182 Å². The second-order valence-electron chi connectivity index (χ2n) is 18.5. The van der Waals surface area contributed by atoms with E-state index >= 15 is 0 Å². The Morgan fingerprint density at radius 1 is 0.375 bits per heavy atom. The van der Waals surface area contributed by atoms with Crippen molar-refractivity contribution in [1.82, 2.24) is 0 Å². The highest BCUT2D eigenvalue weighted by atomic mass is 16.6. The van der Waals surface area contributed by atoms with Gasteiger partial charge in [0.25, 0.3) is 0 Å². The number of benzene rings is 5. The Kier molecular flexibility index (Phi) is 55.4. The zero-order chi connectivity index (χ0) is 49.9. The highest BCUT2D eigenvalue weighted by molar-refractivity contribution is 5.64. The van der Waals surface area contributed by atoms with E-state index in [1.54, 1.807) is 0 Å². The van der Waals surface area contributed by atoms with Crippen LogP contribution in [0, 0.1) is 10.8 Å². The van der Waals surface area contributed by atoms with Crippen molar-refractivity contribution in [1.29, 1.82) is 0 Å². The lowest BCUT2D eigenvalue weighted by atomic mass is 10.0. The lowest BCUT2D eigenvalue weighted by Crippen LogP contribution is -2.03. The van der Waals surface area contributed by atoms with E-state index in [0.29, 0.717) is 23.5 Å². The van der Waals surface area contributed by atoms with Crippen molar-refractivity contribution >= 4 is 0 Å². The molecule has 64 heavy (non-hydrogen) atoms. The molecule has 0 aromatic heterocycles. The van der Waals surface area contributed by atoms with Gasteiger partial charge in [0.05, 0.1) is 6.61 Å². The zero-order valence-corrected chi connectivity index (χ0v) is 45.7. The molecule has 0 bridgehead atoms. The van der Waals surface area contributed by atoms with E-state index in [9.17, 15) is 0 Å². The molecule has 5 aromatic rings. The van der Waals surface area contributed by atoms with Gasteiger partial charge in [0.2, 0.25) is 0 Å². The SMILES string of the molecule is CC(C)(C)C.CC(C)(C)C.CCC.CCC.CCC.CCC.CCC.CCc1ccc(-c2ccc(CC)cc2)cc1.c1ccc(OCC2CO2)cc1.c1ccccc1.c1ccccc1. The van der Waals surface area contributed by atoms with E-state index in [-0.39, 0.29) is 0 Å². The normalized spacial score (nSPS) is 11.0. The maximum absolute atomic E-state index is 5.40. The minimum absolute atomic E-state index is 0.343. The van der Waals surface area contributed by atoms with Crippen LogP contribution in [0.5, 0.6) is 5.75 Å². The van der Waals surface area contributed by atoms with Gasteiger partial charge in [0, 0.05) is 0 Å². The van der Waals surface area contributed by atoms with E-state index in [1.165, 1.54) is 54.4 Å². The summed E-state index contributed by atoms with van der Waals surface area (Å²) in [7, 11) is 0. The molecule has 1 fully saturated rings. The Balaban J connectivity index is -0.000000214. The van der Waals surface area contributed by atoms with Crippen molar-refractivity contribution in [3.8, 4) is 16.9 Å². The van der Waals surface area contributed by atoms with E-state index in [4.69, 9.17) is 9.47 Å². The second kappa shape index (κ2) is 51.5. The van der Waals surface area contributed by atoms with Crippen molar-refractivity contribution in [2.45, 2.75) is 190 Å². The lowest BCUT2D eigenvalue weighted by Gasteiger charge is -2.05. The molecule has 0 N–H and O–H groups in total. The molecule has 1 unspecified atom stereocenters. The van der Waals surface area contributed by atoms with Crippen molar-refractivity contribution < 1.29 is 9.47 Å². The number of ether oxygens (including phenoxy) is 2. The molecule has 364 valence electrons. The summed E-state index contributed by atoms with van der Waals surface area (Å²) in [6.07, 6.45) is 8.81. The summed E-state index contributed by atoms with van der Waals surface area (Å²) in [6, 6.07) is 51.5. The van der Waals surface area contributed by atoms with Crippen LogP contribution in [0.15, 0.2) is 152 Å². The third-order valence-corrected chi connectivity index (χ3v) is 5.97. The van der Waals surface area contributed by atoms with Crippen LogP contribution in [-0.2, 0) is 17.6 Å². The summed E-state index contributed by atoms with van der Waals surface area (Å²) < 4.78 is 10.4. The molecule has 1 heterocycles. The summed E-state index contributed by atoms with van der Waals surface area (Å²) >= 11 is 0. The number of para-hydroxylation sites is 1. The molecule has 2 nitrogen and oxygen atoms in total. The monoisotopic (exact) mass is 881 g/mol. The lowest BCUT2D eigenvalue weighted by molar-refractivity contribution is 0.263. The van der Waals surface area contributed by atoms with Crippen LogP contribution >= 0.6 is 0 Å². The molecule has 0 spiro atoms. The van der Waals surface area contributed by atoms with Crippen molar-refractivity contribution in [3.63, 3.8) is 0 Å². The Bertz CT molecular complexity index is 1330. The fourth-order valence-electron chi connectivity index (χ4n) is 3.51. The van der Waals surface area contributed by atoms with Gasteiger partial charge in [0.1, 0.15) is 18.5 Å². The summed E-state index contributed by atoms with van der Waals surface area (Å²) in [5, 5.41) is 0. The largest absolute Gasteiger partial charge is 0.491 e. The van der Waals surface area contributed by atoms with Crippen LogP contribution in [0.25, 0.3) is 11.1 Å². The van der Waals surface area contributed by atoms with Crippen LogP contribution in [0.2, 0.25) is 0 Å². The molecule has 6 rings (SSSR count). The van der Waals surface area contributed by atoms with Crippen LogP contribution in [-0.4, -0.2) is 19.3 Å². The molecule has 2 heteroatoms. The topological polar surface area (TPSA) is 21.8 Å². The van der Waals surface area contributed by atoms with Gasteiger partial charge in [-0.2, -0.15) is 0 Å². The minimum atomic E-state index is 0.343. The van der Waals surface area contributed by atoms with Gasteiger partial charge in [-0.05, 0) is 58.1 Å². The Morgan fingerprint density at radius 3 is 0.766 bits per heavy atom. The molecule has 0 saturated carbocycles. The third kappa shape index (κ3) is 69.6. The predicted molar refractivity (Wildman–Crippen MR) is 295 cm³/mol. The molecule has 1 aliphatic heterocycles. The van der Waals surface area contributed by atoms with Crippen LogP contribution in [0.4, 0.5) is 0 Å². The Morgan fingerprint density at radius 2 is 0.578 bits per heavy atom. The molecule has 5 aromatic carbocycles. The fraction of sp³-hybridized carbons (Fsp3) is 0.516. The first-order chi connectivity index (χ1) is 30.4. The summed E-state index contributed by atoms with van der Waals surface area (Å²) in [6.45, 7) is 44.7. The summed E-state index contributed by atoms with van der Waals surface area (Å²) in [5.74, 6) is 0.919. The molecule has 0 radical (unpaired) electrons. The van der Waals surface area contributed by atoms with Gasteiger partial charge in [-0.1, -0.05) is 310 Å². The number of rotatable bonds is 6. The number of epoxide rings is 1. The van der Waals surface area contributed by atoms with E-state index in [2.05, 4.69) is 187 Å². The molecular formula is C62H104O2.